The van der Waals surface area contributed by atoms with Crippen molar-refractivity contribution in [2.75, 3.05) is 17.6 Å². The average Bonchev–Trinajstić information content (AvgIpc) is 3.24. The van der Waals surface area contributed by atoms with E-state index in [9.17, 15) is 13.2 Å². The molecule has 0 fully saturated rings. The third-order valence-electron chi connectivity index (χ3n) is 4.91. The van der Waals surface area contributed by atoms with E-state index >= 15 is 0 Å². The van der Waals surface area contributed by atoms with Crippen molar-refractivity contribution in [3.63, 3.8) is 0 Å². The number of amides is 1. The quantitative estimate of drug-likeness (QED) is 0.564. The van der Waals surface area contributed by atoms with E-state index in [1.807, 2.05) is 19.1 Å². The molecule has 166 valence electrons. The summed E-state index contributed by atoms with van der Waals surface area (Å²) in [6, 6.07) is 18.2. The zero-order valence-corrected chi connectivity index (χ0v) is 18.8. The summed E-state index contributed by atoms with van der Waals surface area (Å²) >= 11 is 5.91. The first-order chi connectivity index (χ1) is 15.3. The highest BCUT2D eigenvalue weighted by Gasteiger charge is 2.27. The molecule has 0 spiro atoms. The molecule has 1 N–H and O–H groups in total. The van der Waals surface area contributed by atoms with Crippen molar-refractivity contribution >= 4 is 33.2 Å². The summed E-state index contributed by atoms with van der Waals surface area (Å²) in [5.74, 6) is 0.824. The van der Waals surface area contributed by atoms with Crippen molar-refractivity contribution in [2.24, 2.45) is 0 Å². The van der Waals surface area contributed by atoms with Crippen LogP contribution in [0.25, 0.3) is 0 Å². The standard InChI is InChI=1S/C23H21ClN2O5S/c1-16-3-2-4-19(11-16)26(32(28,29)20-8-6-18(24)7-9-20)14-23(27)25-13-17-5-10-21-22(12-17)31-15-30-21/h2-12H,13-15H2,1H3,(H,25,27). The van der Waals surface area contributed by atoms with Crippen molar-refractivity contribution in [2.45, 2.75) is 18.4 Å². The lowest BCUT2D eigenvalue weighted by molar-refractivity contribution is -0.119. The monoisotopic (exact) mass is 472 g/mol. The number of hydrogen-bond donors (Lipinski definition) is 1. The van der Waals surface area contributed by atoms with Gasteiger partial charge >= 0.3 is 0 Å². The fraction of sp³-hybridized carbons (Fsp3) is 0.174. The molecule has 32 heavy (non-hydrogen) atoms. The summed E-state index contributed by atoms with van der Waals surface area (Å²) in [4.78, 5) is 12.8. The summed E-state index contributed by atoms with van der Waals surface area (Å²) in [7, 11) is -4.00. The van der Waals surface area contributed by atoms with Gasteiger partial charge in [-0.2, -0.15) is 0 Å². The van der Waals surface area contributed by atoms with Crippen LogP contribution in [0.15, 0.2) is 71.6 Å². The van der Waals surface area contributed by atoms with Crippen molar-refractivity contribution < 1.29 is 22.7 Å². The van der Waals surface area contributed by atoms with E-state index in [1.54, 1.807) is 30.3 Å². The third kappa shape index (κ3) is 4.81. The molecular formula is C23H21ClN2O5S. The molecule has 0 radical (unpaired) electrons. The first-order valence-corrected chi connectivity index (χ1v) is 11.6. The SMILES string of the molecule is Cc1cccc(N(CC(=O)NCc2ccc3c(c2)OCO3)S(=O)(=O)c2ccc(Cl)cc2)c1. The first kappa shape index (κ1) is 22.0. The molecule has 3 aromatic rings. The Morgan fingerprint density at radius 1 is 1.03 bits per heavy atom. The number of carbonyl (C=O) groups is 1. The number of hydrogen-bond acceptors (Lipinski definition) is 5. The van der Waals surface area contributed by atoms with Gasteiger partial charge in [0.25, 0.3) is 10.0 Å². The number of nitrogens with zero attached hydrogens (tertiary/aromatic N) is 1. The van der Waals surface area contributed by atoms with Crippen molar-refractivity contribution in [1.29, 1.82) is 0 Å². The number of sulfonamides is 1. The average molecular weight is 473 g/mol. The maximum absolute atomic E-state index is 13.4. The van der Waals surface area contributed by atoms with E-state index in [0.717, 1.165) is 15.4 Å². The Morgan fingerprint density at radius 3 is 2.53 bits per heavy atom. The molecule has 1 heterocycles. The van der Waals surface area contributed by atoms with Gasteiger partial charge in [0.2, 0.25) is 12.7 Å². The normalized spacial score (nSPS) is 12.4. The lowest BCUT2D eigenvalue weighted by Crippen LogP contribution is -2.40. The van der Waals surface area contributed by atoms with E-state index < -0.39 is 15.9 Å². The number of benzene rings is 3. The minimum Gasteiger partial charge on any atom is -0.454 e. The van der Waals surface area contributed by atoms with Gasteiger partial charge in [-0.25, -0.2) is 8.42 Å². The summed E-state index contributed by atoms with van der Waals surface area (Å²) in [5.41, 5.74) is 2.09. The van der Waals surface area contributed by atoms with Gasteiger partial charge in [-0.15, -0.1) is 0 Å². The number of carbonyl (C=O) groups excluding carboxylic acids is 1. The Bertz CT molecular complexity index is 1250. The van der Waals surface area contributed by atoms with Crippen molar-refractivity contribution in [3.05, 3.63) is 82.9 Å². The molecule has 0 atom stereocenters. The molecule has 0 aromatic heterocycles. The number of fused-ring (bicyclic) bond motifs is 1. The molecular weight excluding hydrogens is 452 g/mol. The Kier molecular flexibility index (Phi) is 6.25. The van der Waals surface area contributed by atoms with Crippen molar-refractivity contribution in [3.8, 4) is 11.5 Å². The smallest absolute Gasteiger partial charge is 0.264 e. The van der Waals surface area contributed by atoms with Crippen LogP contribution in [0, 0.1) is 6.92 Å². The highest BCUT2D eigenvalue weighted by atomic mass is 35.5. The van der Waals surface area contributed by atoms with E-state index in [2.05, 4.69) is 5.32 Å². The molecule has 0 saturated heterocycles. The van der Waals surface area contributed by atoms with Gasteiger partial charge in [0, 0.05) is 11.6 Å². The largest absolute Gasteiger partial charge is 0.454 e. The molecule has 9 heteroatoms. The van der Waals surface area contributed by atoms with Crippen LogP contribution in [0.5, 0.6) is 11.5 Å². The fourth-order valence-electron chi connectivity index (χ4n) is 3.27. The van der Waals surface area contributed by atoms with Gasteiger partial charge < -0.3 is 14.8 Å². The minimum absolute atomic E-state index is 0.0481. The van der Waals surface area contributed by atoms with E-state index in [-0.39, 0.29) is 24.8 Å². The Morgan fingerprint density at radius 2 is 1.78 bits per heavy atom. The Hall–Kier alpha value is -3.23. The number of nitrogens with one attached hydrogen (secondary N) is 1. The Labute approximate surface area is 191 Å². The second kappa shape index (κ2) is 9.10. The molecule has 0 unspecified atom stereocenters. The lowest BCUT2D eigenvalue weighted by atomic mass is 10.2. The van der Waals surface area contributed by atoms with Crippen LogP contribution >= 0.6 is 11.6 Å². The van der Waals surface area contributed by atoms with Gasteiger partial charge in [0.15, 0.2) is 11.5 Å². The van der Waals surface area contributed by atoms with E-state index in [1.165, 1.54) is 24.3 Å². The second-order valence-corrected chi connectivity index (χ2v) is 9.57. The number of rotatable bonds is 7. The van der Waals surface area contributed by atoms with Gasteiger partial charge in [-0.3, -0.25) is 9.10 Å². The summed E-state index contributed by atoms with van der Waals surface area (Å²) in [5, 5.41) is 3.20. The van der Waals surface area contributed by atoms with Crippen LogP contribution in [0.1, 0.15) is 11.1 Å². The van der Waals surface area contributed by atoms with E-state index in [4.69, 9.17) is 21.1 Å². The van der Waals surface area contributed by atoms with Gasteiger partial charge in [0.1, 0.15) is 6.54 Å². The van der Waals surface area contributed by atoms with Crippen LogP contribution in [0.2, 0.25) is 5.02 Å². The number of aryl methyl sites for hydroxylation is 1. The number of anilines is 1. The van der Waals surface area contributed by atoms with Crippen LogP contribution in [0.4, 0.5) is 5.69 Å². The molecule has 3 aromatic carbocycles. The zero-order valence-electron chi connectivity index (χ0n) is 17.2. The summed E-state index contributed by atoms with van der Waals surface area (Å²) in [6.45, 7) is 1.87. The minimum atomic E-state index is -4.00. The van der Waals surface area contributed by atoms with Crippen LogP contribution < -0.4 is 19.1 Å². The zero-order chi connectivity index (χ0) is 22.7. The van der Waals surface area contributed by atoms with Gasteiger partial charge in [0.05, 0.1) is 10.6 Å². The van der Waals surface area contributed by atoms with Gasteiger partial charge in [-0.1, -0.05) is 29.8 Å². The molecule has 0 bridgehead atoms. The van der Waals surface area contributed by atoms with Gasteiger partial charge in [-0.05, 0) is 66.6 Å². The van der Waals surface area contributed by atoms with Crippen LogP contribution in [-0.4, -0.2) is 27.7 Å². The highest BCUT2D eigenvalue weighted by molar-refractivity contribution is 7.92. The Balaban J connectivity index is 1.55. The van der Waals surface area contributed by atoms with Crippen LogP contribution in [-0.2, 0) is 21.4 Å². The number of ether oxygens (including phenoxy) is 2. The van der Waals surface area contributed by atoms with Crippen LogP contribution in [0.3, 0.4) is 0 Å². The topological polar surface area (TPSA) is 84.9 Å². The maximum Gasteiger partial charge on any atom is 0.264 e. The van der Waals surface area contributed by atoms with Crippen molar-refractivity contribution in [1.82, 2.24) is 5.32 Å². The predicted octanol–water partition coefficient (Wildman–Crippen LogP) is 3.89. The predicted molar refractivity (Wildman–Crippen MR) is 122 cm³/mol. The second-order valence-electron chi connectivity index (χ2n) is 7.27. The lowest BCUT2D eigenvalue weighted by Gasteiger charge is -2.24. The molecule has 1 amide bonds. The molecule has 4 rings (SSSR count). The summed E-state index contributed by atoms with van der Waals surface area (Å²) in [6.07, 6.45) is 0. The molecule has 1 aliphatic rings. The molecule has 0 aliphatic carbocycles. The third-order valence-corrected chi connectivity index (χ3v) is 6.95. The molecule has 7 nitrogen and oxygen atoms in total. The number of halogens is 1. The fourth-order valence-corrected chi connectivity index (χ4v) is 4.81. The first-order valence-electron chi connectivity index (χ1n) is 9.83. The molecule has 1 aliphatic heterocycles. The van der Waals surface area contributed by atoms with E-state index in [0.29, 0.717) is 22.2 Å². The summed E-state index contributed by atoms with van der Waals surface area (Å²) < 4.78 is 38.5. The molecule has 0 saturated carbocycles. The highest BCUT2D eigenvalue weighted by Crippen LogP contribution is 2.32. The maximum atomic E-state index is 13.4.